The van der Waals surface area contributed by atoms with Crippen molar-refractivity contribution in [3.05, 3.63) is 64.0 Å². The van der Waals surface area contributed by atoms with Gasteiger partial charge in [-0.15, -0.1) is 0 Å². The topological polar surface area (TPSA) is 84.7 Å². The number of hydrogen-bond donors (Lipinski definition) is 1. The number of halogens is 1. The number of nitrogens with zero attached hydrogens (tertiary/aromatic N) is 2. The molecule has 0 saturated heterocycles. The van der Waals surface area contributed by atoms with Crippen LogP contribution < -0.4 is 10.1 Å². The maximum absolute atomic E-state index is 13.3. The van der Waals surface area contributed by atoms with Crippen molar-refractivity contribution in [2.75, 3.05) is 19.5 Å². The van der Waals surface area contributed by atoms with Gasteiger partial charge in [0.05, 0.1) is 23.8 Å². The molecule has 0 fully saturated rings. The fourth-order valence-corrected chi connectivity index (χ4v) is 2.40. The van der Waals surface area contributed by atoms with Crippen molar-refractivity contribution in [3.63, 3.8) is 0 Å². The van der Waals surface area contributed by atoms with Crippen LogP contribution in [0.3, 0.4) is 0 Å². The Labute approximate surface area is 150 Å². The molecule has 138 valence electrons. The largest absolute Gasteiger partial charge is 0.495 e. The summed E-state index contributed by atoms with van der Waals surface area (Å²) in [6, 6.07) is 9.56. The van der Waals surface area contributed by atoms with Gasteiger partial charge in [-0.25, -0.2) is 4.39 Å². The number of carbonyl (C=O) groups is 1. The van der Waals surface area contributed by atoms with Gasteiger partial charge in [0.2, 0.25) is 5.91 Å². The van der Waals surface area contributed by atoms with E-state index in [4.69, 9.17) is 4.74 Å². The minimum Gasteiger partial charge on any atom is -0.495 e. The van der Waals surface area contributed by atoms with E-state index >= 15 is 0 Å². The monoisotopic (exact) mass is 361 g/mol. The van der Waals surface area contributed by atoms with E-state index in [1.165, 1.54) is 37.4 Å². The smallest absolute Gasteiger partial charge is 0.271 e. The van der Waals surface area contributed by atoms with Crippen molar-refractivity contribution >= 4 is 17.3 Å². The summed E-state index contributed by atoms with van der Waals surface area (Å²) in [7, 11) is 3.15. The summed E-state index contributed by atoms with van der Waals surface area (Å²) in [5.41, 5.74) is 0.805. The Morgan fingerprint density at radius 3 is 2.69 bits per heavy atom. The van der Waals surface area contributed by atoms with Gasteiger partial charge in [-0.1, -0.05) is 12.1 Å². The molecule has 8 heteroatoms. The van der Waals surface area contributed by atoms with E-state index in [9.17, 15) is 19.3 Å². The molecular weight excluding hydrogens is 341 g/mol. The van der Waals surface area contributed by atoms with Crippen LogP contribution in [0.15, 0.2) is 42.5 Å². The molecule has 1 atom stereocenters. The van der Waals surface area contributed by atoms with E-state index < -0.39 is 11.0 Å². The van der Waals surface area contributed by atoms with Crippen LogP contribution in [-0.2, 0) is 11.3 Å². The standard InChI is InChI=1S/C18H20FN3O4/c1-12(21(2)11-13-5-4-6-14(19)9-13)18(23)20-16-10-15(22(24)25)7-8-17(16)26-3/h4-10,12H,11H2,1-3H3,(H,20,23). The number of benzene rings is 2. The van der Waals surface area contributed by atoms with E-state index in [0.717, 1.165) is 5.56 Å². The second-order valence-corrected chi connectivity index (χ2v) is 5.85. The molecule has 0 radical (unpaired) electrons. The minimum atomic E-state index is -0.553. The number of rotatable bonds is 7. The third-order valence-electron chi connectivity index (χ3n) is 4.01. The Hall–Kier alpha value is -3.00. The van der Waals surface area contributed by atoms with Gasteiger partial charge in [0.25, 0.3) is 5.69 Å². The number of carbonyl (C=O) groups excluding carboxylic acids is 1. The molecule has 0 aliphatic carbocycles. The lowest BCUT2D eigenvalue weighted by Gasteiger charge is -2.24. The lowest BCUT2D eigenvalue weighted by molar-refractivity contribution is -0.384. The van der Waals surface area contributed by atoms with E-state index in [1.807, 2.05) is 0 Å². The first-order valence-electron chi connectivity index (χ1n) is 7.89. The number of methoxy groups -OCH3 is 1. The summed E-state index contributed by atoms with van der Waals surface area (Å²) in [5, 5.41) is 13.6. The van der Waals surface area contributed by atoms with Crippen molar-refractivity contribution in [2.24, 2.45) is 0 Å². The fourth-order valence-electron chi connectivity index (χ4n) is 2.40. The molecule has 0 saturated carbocycles. The van der Waals surface area contributed by atoms with Gasteiger partial charge in [0, 0.05) is 18.7 Å². The highest BCUT2D eigenvalue weighted by atomic mass is 19.1. The average Bonchev–Trinajstić information content (AvgIpc) is 2.60. The number of ether oxygens (including phenoxy) is 1. The first-order valence-corrected chi connectivity index (χ1v) is 7.89. The SMILES string of the molecule is COc1ccc([N+](=O)[O-])cc1NC(=O)C(C)N(C)Cc1cccc(F)c1. The maximum Gasteiger partial charge on any atom is 0.271 e. The zero-order valence-corrected chi connectivity index (χ0v) is 14.7. The Morgan fingerprint density at radius 1 is 1.35 bits per heavy atom. The molecule has 1 amide bonds. The highest BCUT2D eigenvalue weighted by molar-refractivity contribution is 5.96. The molecule has 0 aromatic heterocycles. The van der Waals surface area contributed by atoms with Crippen LogP contribution in [0, 0.1) is 15.9 Å². The third-order valence-corrected chi connectivity index (χ3v) is 4.01. The number of nitrogens with one attached hydrogen (secondary N) is 1. The summed E-state index contributed by atoms with van der Waals surface area (Å²) in [6.45, 7) is 2.07. The summed E-state index contributed by atoms with van der Waals surface area (Å²) in [6.07, 6.45) is 0. The van der Waals surface area contributed by atoms with Crippen LogP contribution in [-0.4, -0.2) is 35.9 Å². The number of nitro benzene ring substituents is 1. The molecule has 26 heavy (non-hydrogen) atoms. The van der Waals surface area contributed by atoms with Gasteiger partial charge < -0.3 is 10.1 Å². The highest BCUT2D eigenvalue weighted by Crippen LogP contribution is 2.29. The zero-order valence-electron chi connectivity index (χ0n) is 14.7. The Kier molecular flexibility index (Phi) is 6.24. The second-order valence-electron chi connectivity index (χ2n) is 5.85. The van der Waals surface area contributed by atoms with Crippen molar-refractivity contribution < 1.29 is 18.8 Å². The average molecular weight is 361 g/mol. The van der Waals surface area contributed by atoms with Gasteiger partial charge in [-0.3, -0.25) is 19.8 Å². The summed E-state index contributed by atoms with van der Waals surface area (Å²) < 4.78 is 18.4. The van der Waals surface area contributed by atoms with Gasteiger partial charge in [0.1, 0.15) is 11.6 Å². The highest BCUT2D eigenvalue weighted by Gasteiger charge is 2.21. The predicted molar refractivity (Wildman–Crippen MR) is 95.6 cm³/mol. The normalized spacial score (nSPS) is 11.9. The van der Waals surface area contributed by atoms with Gasteiger partial charge >= 0.3 is 0 Å². The molecule has 0 heterocycles. The van der Waals surface area contributed by atoms with Gasteiger partial charge in [-0.2, -0.15) is 0 Å². The molecular formula is C18H20FN3O4. The maximum atomic E-state index is 13.3. The molecule has 1 N–H and O–H groups in total. The lowest BCUT2D eigenvalue weighted by atomic mass is 10.1. The molecule has 0 bridgehead atoms. The van der Waals surface area contributed by atoms with Crippen LogP contribution in [0.5, 0.6) is 5.75 Å². The number of hydrogen-bond acceptors (Lipinski definition) is 5. The summed E-state index contributed by atoms with van der Waals surface area (Å²) in [4.78, 5) is 24.6. The molecule has 2 aromatic rings. The van der Waals surface area contributed by atoms with Crippen LogP contribution in [0.1, 0.15) is 12.5 Å². The third kappa shape index (κ3) is 4.76. The minimum absolute atomic E-state index is 0.151. The summed E-state index contributed by atoms with van der Waals surface area (Å²) in [5.74, 6) is -0.374. The first-order chi connectivity index (χ1) is 12.3. The molecule has 0 aliphatic rings. The van der Waals surface area contributed by atoms with E-state index in [1.54, 1.807) is 31.0 Å². The predicted octanol–water partition coefficient (Wildman–Crippen LogP) is 3.20. The van der Waals surface area contributed by atoms with Crippen molar-refractivity contribution in [2.45, 2.75) is 19.5 Å². The van der Waals surface area contributed by atoms with E-state index in [-0.39, 0.29) is 23.1 Å². The van der Waals surface area contributed by atoms with Crippen molar-refractivity contribution in [1.29, 1.82) is 0 Å². The fraction of sp³-hybridized carbons (Fsp3) is 0.278. The van der Waals surface area contributed by atoms with Crippen molar-refractivity contribution in [3.8, 4) is 5.75 Å². The number of amides is 1. The number of non-ortho nitro benzene ring substituents is 1. The van der Waals surface area contributed by atoms with E-state index in [0.29, 0.717) is 12.3 Å². The molecule has 0 spiro atoms. The molecule has 7 nitrogen and oxygen atoms in total. The first kappa shape index (κ1) is 19.3. The van der Waals surface area contributed by atoms with Gasteiger partial charge in [0.15, 0.2) is 0 Å². The van der Waals surface area contributed by atoms with Crippen LogP contribution in [0.2, 0.25) is 0 Å². The number of likely N-dealkylation sites (N-methyl/N-ethyl adjacent to an activating group) is 1. The van der Waals surface area contributed by atoms with Crippen LogP contribution in [0.4, 0.5) is 15.8 Å². The van der Waals surface area contributed by atoms with E-state index in [2.05, 4.69) is 5.32 Å². The number of anilines is 1. The molecule has 2 aromatic carbocycles. The Morgan fingerprint density at radius 2 is 2.08 bits per heavy atom. The molecule has 0 aliphatic heterocycles. The zero-order chi connectivity index (χ0) is 19.3. The molecule has 2 rings (SSSR count). The van der Waals surface area contributed by atoms with Gasteiger partial charge in [-0.05, 0) is 37.7 Å². The quantitative estimate of drug-likeness (QED) is 0.605. The Bertz CT molecular complexity index is 813. The number of nitro groups is 1. The van der Waals surface area contributed by atoms with Crippen LogP contribution in [0.25, 0.3) is 0 Å². The second kappa shape index (κ2) is 8.39. The molecule has 1 unspecified atom stereocenters. The summed E-state index contributed by atoms with van der Waals surface area (Å²) >= 11 is 0. The van der Waals surface area contributed by atoms with Crippen molar-refractivity contribution in [1.82, 2.24) is 4.90 Å². The van der Waals surface area contributed by atoms with Crippen LogP contribution >= 0.6 is 0 Å². The Balaban J connectivity index is 2.10. The lowest BCUT2D eigenvalue weighted by Crippen LogP contribution is -2.39.